The molecule has 1 saturated carbocycles. The Morgan fingerprint density at radius 3 is 2.82 bits per heavy atom. The van der Waals surface area contributed by atoms with Gasteiger partial charge in [0.15, 0.2) is 5.03 Å². The monoisotopic (exact) mass is 255 g/mol. The molecule has 0 aromatic carbocycles. The van der Waals surface area contributed by atoms with Crippen LogP contribution in [0.4, 0.5) is 5.69 Å². The SMILES string of the molecule is CNc1cccnc1S(=O)(=O)N(C)CC1CC1. The van der Waals surface area contributed by atoms with Crippen LogP contribution in [0.5, 0.6) is 0 Å². The van der Waals surface area contributed by atoms with E-state index in [-0.39, 0.29) is 5.03 Å². The number of nitrogens with one attached hydrogen (secondary N) is 1. The fraction of sp³-hybridized carbons (Fsp3) is 0.545. The number of hydrogen-bond donors (Lipinski definition) is 1. The first kappa shape index (κ1) is 12.3. The van der Waals surface area contributed by atoms with E-state index in [9.17, 15) is 8.42 Å². The molecule has 0 bridgehead atoms. The van der Waals surface area contributed by atoms with Gasteiger partial charge in [-0.2, -0.15) is 4.31 Å². The number of nitrogens with zero attached hydrogens (tertiary/aromatic N) is 2. The highest BCUT2D eigenvalue weighted by atomic mass is 32.2. The van der Waals surface area contributed by atoms with Crippen LogP contribution in [0.2, 0.25) is 0 Å². The maximum atomic E-state index is 12.3. The van der Waals surface area contributed by atoms with Gasteiger partial charge in [-0.05, 0) is 30.9 Å². The second kappa shape index (κ2) is 4.62. The maximum absolute atomic E-state index is 12.3. The van der Waals surface area contributed by atoms with Crippen LogP contribution < -0.4 is 5.32 Å². The number of aromatic nitrogens is 1. The van der Waals surface area contributed by atoms with Crippen molar-refractivity contribution in [3.05, 3.63) is 18.3 Å². The van der Waals surface area contributed by atoms with Crippen LogP contribution in [0.1, 0.15) is 12.8 Å². The molecule has 0 amide bonds. The number of sulfonamides is 1. The Kier molecular flexibility index (Phi) is 3.35. The number of pyridine rings is 1. The summed E-state index contributed by atoms with van der Waals surface area (Å²) in [5, 5.41) is 2.96. The van der Waals surface area contributed by atoms with Crippen molar-refractivity contribution in [1.29, 1.82) is 0 Å². The molecular formula is C11H17N3O2S. The minimum absolute atomic E-state index is 0.102. The molecule has 17 heavy (non-hydrogen) atoms. The van der Waals surface area contributed by atoms with Crippen LogP contribution in [0, 0.1) is 5.92 Å². The quantitative estimate of drug-likeness (QED) is 0.857. The lowest BCUT2D eigenvalue weighted by Crippen LogP contribution is -2.30. The highest BCUT2D eigenvalue weighted by Gasteiger charge is 2.31. The molecule has 1 aromatic rings. The van der Waals surface area contributed by atoms with E-state index in [1.54, 1.807) is 26.2 Å². The number of hydrogen-bond acceptors (Lipinski definition) is 4. The van der Waals surface area contributed by atoms with Gasteiger partial charge in [-0.25, -0.2) is 13.4 Å². The van der Waals surface area contributed by atoms with E-state index in [0.717, 1.165) is 12.8 Å². The Labute approximate surface area is 102 Å². The second-order valence-corrected chi connectivity index (χ2v) is 6.30. The molecule has 0 saturated heterocycles. The van der Waals surface area contributed by atoms with Crippen LogP contribution in [0.15, 0.2) is 23.4 Å². The summed E-state index contributed by atoms with van der Waals surface area (Å²) in [7, 11) is -0.173. The van der Waals surface area contributed by atoms with Crippen LogP contribution >= 0.6 is 0 Å². The summed E-state index contributed by atoms with van der Waals surface area (Å²) < 4.78 is 26.0. The van der Waals surface area contributed by atoms with Gasteiger partial charge < -0.3 is 5.32 Å². The van der Waals surface area contributed by atoms with E-state index < -0.39 is 10.0 Å². The third-order valence-corrected chi connectivity index (χ3v) is 4.69. The number of anilines is 1. The molecule has 1 aromatic heterocycles. The molecule has 1 aliphatic carbocycles. The lowest BCUT2D eigenvalue weighted by Gasteiger charge is -2.17. The fourth-order valence-electron chi connectivity index (χ4n) is 1.70. The van der Waals surface area contributed by atoms with Gasteiger partial charge in [0.25, 0.3) is 10.0 Å². The van der Waals surface area contributed by atoms with Crippen LogP contribution in [0.3, 0.4) is 0 Å². The van der Waals surface area contributed by atoms with Crippen molar-refractivity contribution in [3.63, 3.8) is 0 Å². The minimum Gasteiger partial charge on any atom is -0.386 e. The van der Waals surface area contributed by atoms with Gasteiger partial charge in [-0.3, -0.25) is 0 Å². The zero-order valence-electron chi connectivity index (χ0n) is 10.0. The summed E-state index contributed by atoms with van der Waals surface area (Å²) in [6, 6.07) is 3.43. The molecule has 6 heteroatoms. The van der Waals surface area contributed by atoms with Crippen LogP contribution in [-0.2, 0) is 10.0 Å². The molecule has 5 nitrogen and oxygen atoms in total. The average molecular weight is 255 g/mol. The first-order valence-corrected chi connectivity index (χ1v) is 7.09. The highest BCUT2D eigenvalue weighted by molar-refractivity contribution is 7.89. The van der Waals surface area contributed by atoms with Gasteiger partial charge >= 0.3 is 0 Å². The summed E-state index contributed by atoms with van der Waals surface area (Å²) >= 11 is 0. The third kappa shape index (κ3) is 2.58. The molecule has 0 unspecified atom stereocenters. The molecule has 0 spiro atoms. The largest absolute Gasteiger partial charge is 0.386 e. The van der Waals surface area contributed by atoms with Crippen molar-refractivity contribution in [2.24, 2.45) is 5.92 Å². The molecule has 0 aliphatic heterocycles. The summed E-state index contributed by atoms with van der Waals surface area (Å²) in [4.78, 5) is 3.98. The van der Waals surface area contributed by atoms with Gasteiger partial charge in [-0.15, -0.1) is 0 Å². The summed E-state index contributed by atoms with van der Waals surface area (Å²) in [5.41, 5.74) is 0.537. The molecule has 1 fully saturated rings. The van der Waals surface area contributed by atoms with Gasteiger partial charge in [0, 0.05) is 26.8 Å². The van der Waals surface area contributed by atoms with E-state index in [2.05, 4.69) is 10.3 Å². The van der Waals surface area contributed by atoms with Crippen molar-refractivity contribution < 1.29 is 8.42 Å². The lowest BCUT2D eigenvalue weighted by atomic mass is 10.4. The van der Waals surface area contributed by atoms with Crippen molar-refractivity contribution in [1.82, 2.24) is 9.29 Å². The average Bonchev–Trinajstić information content (AvgIpc) is 3.12. The molecule has 1 N–H and O–H groups in total. The summed E-state index contributed by atoms with van der Waals surface area (Å²) in [5.74, 6) is 0.525. The van der Waals surface area contributed by atoms with Crippen molar-refractivity contribution >= 4 is 15.7 Å². The minimum atomic E-state index is -3.48. The zero-order valence-corrected chi connectivity index (χ0v) is 10.9. The maximum Gasteiger partial charge on any atom is 0.262 e. The molecular weight excluding hydrogens is 238 g/mol. The highest BCUT2D eigenvalue weighted by Crippen LogP contribution is 2.31. The van der Waals surface area contributed by atoms with E-state index >= 15 is 0 Å². The molecule has 1 aliphatic rings. The van der Waals surface area contributed by atoms with Crippen LogP contribution in [-0.4, -0.2) is 38.3 Å². The normalized spacial score (nSPS) is 16.2. The van der Waals surface area contributed by atoms with Crippen molar-refractivity contribution in [2.45, 2.75) is 17.9 Å². The van der Waals surface area contributed by atoms with E-state index in [4.69, 9.17) is 0 Å². The smallest absolute Gasteiger partial charge is 0.262 e. The molecule has 94 valence electrons. The fourth-order valence-corrected chi connectivity index (χ4v) is 3.04. The molecule has 0 radical (unpaired) electrons. The van der Waals surface area contributed by atoms with E-state index in [1.807, 2.05) is 0 Å². The van der Waals surface area contributed by atoms with Crippen molar-refractivity contribution in [3.8, 4) is 0 Å². The standard InChI is InChI=1S/C11H17N3O2S/c1-12-10-4-3-7-13-11(10)17(15,16)14(2)8-9-5-6-9/h3-4,7,9,12H,5-6,8H2,1-2H3. The summed E-state index contributed by atoms with van der Waals surface area (Å²) in [6.45, 7) is 0.585. The van der Waals surface area contributed by atoms with Gasteiger partial charge in [0.05, 0.1) is 5.69 Å². The Morgan fingerprint density at radius 2 is 2.24 bits per heavy atom. The third-order valence-electron chi connectivity index (χ3n) is 2.91. The molecule has 1 heterocycles. The van der Waals surface area contributed by atoms with E-state index in [1.165, 1.54) is 10.5 Å². The van der Waals surface area contributed by atoms with Gasteiger partial charge in [-0.1, -0.05) is 0 Å². The zero-order chi connectivity index (χ0) is 12.5. The Balaban J connectivity index is 2.29. The Bertz CT molecular complexity index is 497. The topological polar surface area (TPSA) is 62.3 Å². The molecule has 2 rings (SSSR count). The second-order valence-electron chi connectivity index (χ2n) is 4.34. The Hall–Kier alpha value is -1.14. The lowest BCUT2D eigenvalue weighted by molar-refractivity contribution is 0.450. The first-order valence-electron chi connectivity index (χ1n) is 5.65. The summed E-state index contributed by atoms with van der Waals surface area (Å²) in [6.07, 6.45) is 3.75. The molecule has 0 atom stereocenters. The Morgan fingerprint density at radius 1 is 1.53 bits per heavy atom. The first-order chi connectivity index (χ1) is 8.05. The van der Waals surface area contributed by atoms with Gasteiger partial charge in [0.2, 0.25) is 0 Å². The number of rotatable bonds is 5. The predicted molar refractivity (Wildman–Crippen MR) is 66.3 cm³/mol. The van der Waals surface area contributed by atoms with Gasteiger partial charge in [0.1, 0.15) is 0 Å². The van der Waals surface area contributed by atoms with Crippen molar-refractivity contribution in [2.75, 3.05) is 26.0 Å². The predicted octanol–water partition coefficient (Wildman–Crippen LogP) is 1.15. The van der Waals surface area contributed by atoms with E-state index in [0.29, 0.717) is 18.2 Å². The van der Waals surface area contributed by atoms with Crippen LogP contribution in [0.25, 0.3) is 0 Å².